The summed E-state index contributed by atoms with van der Waals surface area (Å²) in [5.41, 5.74) is 1.27. The Balaban J connectivity index is 1.62. The Morgan fingerprint density at radius 1 is 0.971 bits per heavy atom. The minimum absolute atomic E-state index is 0.133. The quantitative estimate of drug-likeness (QED) is 0.467. The number of nitrogens with zero attached hydrogens (tertiary/aromatic N) is 1. The molecule has 34 heavy (non-hydrogen) atoms. The van der Waals surface area contributed by atoms with Gasteiger partial charge in [-0.3, -0.25) is 9.59 Å². The molecule has 3 aromatic carbocycles. The van der Waals surface area contributed by atoms with Crippen molar-refractivity contribution in [2.75, 3.05) is 12.1 Å². The average molecular weight is 479 g/mol. The SMILES string of the molecule is CCC(C)(C(=O)Nc1ccc2c(c1)OCO2)N(Cc1ccc(Cl)cc1)C(=O)Cc1ccccc1. The number of nitrogens with one attached hydrogen (secondary N) is 1. The largest absolute Gasteiger partial charge is 0.454 e. The first-order valence-electron chi connectivity index (χ1n) is 11.2. The standard InChI is InChI=1S/C27H27ClN2O4/c1-3-27(2,26(32)29-22-13-14-23-24(16-22)34-18-33-23)30(17-20-9-11-21(28)12-10-20)25(31)15-19-7-5-4-6-8-19/h4-14,16H,3,15,17-18H2,1-2H3,(H,29,32). The Morgan fingerprint density at radius 3 is 2.38 bits per heavy atom. The lowest BCUT2D eigenvalue weighted by molar-refractivity contribution is -0.145. The van der Waals surface area contributed by atoms with Crippen LogP contribution in [0.2, 0.25) is 5.02 Å². The number of anilines is 1. The van der Waals surface area contributed by atoms with Crippen molar-refractivity contribution in [2.24, 2.45) is 0 Å². The minimum Gasteiger partial charge on any atom is -0.454 e. The Hall–Kier alpha value is -3.51. The summed E-state index contributed by atoms with van der Waals surface area (Å²) in [7, 11) is 0. The summed E-state index contributed by atoms with van der Waals surface area (Å²) < 4.78 is 10.8. The van der Waals surface area contributed by atoms with E-state index in [2.05, 4.69) is 5.32 Å². The lowest BCUT2D eigenvalue weighted by Crippen LogP contribution is -2.56. The van der Waals surface area contributed by atoms with Crippen LogP contribution in [0.4, 0.5) is 5.69 Å². The molecule has 1 aliphatic rings. The molecule has 1 unspecified atom stereocenters. The highest BCUT2D eigenvalue weighted by Crippen LogP contribution is 2.35. The van der Waals surface area contributed by atoms with Crippen LogP contribution in [-0.2, 0) is 22.6 Å². The van der Waals surface area contributed by atoms with Gasteiger partial charge < -0.3 is 19.7 Å². The number of carbonyl (C=O) groups excluding carboxylic acids is 2. The monoisotopic (exact) mass is 478 g/mol. The van der Waals surface area contributed by atoms with Gasteiger partial charge in [-0.25, -0.2) is 0 Å². The highest BCUT2D eigenvalue weighted by molar-refractivity contribution is 6.30. The van der Waals surface area contributed by atoms with Crippen molar-refractivity contribution in [3.8, 4) is 11.5 Å². The maximum Gasteiger partial charge on any atom is 0.250 e. The van der Waals surface area contributed by atoms with E-state index in [9.17, 15) is 9.59 Å². The molecule has 1 N–H and O–H groups in total. The zero-order chi connectivity index (χ0) is 24.1. The molecule has 4 rings (SSSR count). The Morgan fingerprint density at radius 2 is 1.68 bits per heavy atom. The maximum atomic E-state index is 13.6. The number of carbonyl (C=O) groups is 2. The number of hydrogen-bond donors (Lipinski definition) is 1. The number of ether oxygens (including phenoxy) is 2. The van der Waals surface area contributed by atoms with Crippen LogP contribution >= 0.6 is 11.6 Å². The highest BCUT2D eigenvalue weighted by Gasteiger charge is 2.40. The van der Waals surface area contributed by atoms with E-state index in [1.165, 1.54) is 0 Å². The molecule has 1 atom stereocenters. The molecule has 1 heterocycles. The van der Waals surface area contributed by atoms with Gasteiger partial charge in [-0.1, -0.05) is 61.0 Å². The van der Waals surface area contributed by atoms with E-state index in [-0.39, 0.29) is 31.6 Å². The van der Waals surface area contributed by atoms with Gasteiger partial charge in [-0.05, 0) is 48.7 Å². The molecule has 0 spiro atoms. The summed E-state index contributed by atoms with van der Waals surface area (Å²) in [4.78, 5) is 28.9. The topological polar surface area (TPSA) is 67.9 Å². The van der Waals surface area contributed by atoms with E-state index in [0.29, 0.717) is 28.6 Å². The van der Waals surface area contributed by atoms with Crippen molar-refractivity contribution in [3.63, 3.8) is 0 Å². The van der Waals surface area contributed by atoms with Crippen LogP contribution in [0.3, 0.4) is 0 Å². The fourth-order valence-corrected chi connectivity index (χ4v) is 4.02. The summed E-state index contributed by atoms with van der Waals surface area (Å²) in [6.07, 6.45) is 0.624. The maximum absolute atomic E-state index is 13.6. The molecule has 3 aromatic rings. The molecule has 0 bridgehead atoms. The number of benzene rings is 3. The molecule has 0 aromatic heterocycles. The van der Waals surface area contributed by atoms with Crippen molar-refractivity contribution in [1.82, 2.24) is 4.90 Å². The summed E-state index contributed by atoms with van der Waals surface area (Å²) in [6.45, 7) is 4.14. The molecule has 0 fully saturated rings. The smallest absolute Gasteiger partial charge is 0.250 e. The van der Waals surface area contributed by atoms with Crippen LogP contribution in [0, 0.1) is 0 Å². The van der Waals surface area contributed by atoms with Gasteiger partial charge in [0.1, 0.15) is 5.54 Å². The van der Waals surface area contributed by atoms with E-state index in [1.807, 2.05) is 49.4 Å². The molecule has 0 radical (unpaired) electrons. The summed E-state index contributed by atoms with van der Waals surface area (Å²) in [6, 6.07) is 22.1. The van der Waals surface area contributed by atoms with Crippen LogP contribution in [0.15, 0.2) is 72.8 Å². The lowest BCUT2D eigenvalue weighted by Gasteiger charge is -2.40. The normalized spacial score (nSPS) is 13.7. The molecule has 7 heteroatoms. The van der Waals surface area contributed by atoms with Gasteiger partial charge in [-0.2, -0.15) is 0 Å². The number of halogens is 1. The number of fused-ring (bicyclic) bond motifs is 1. The molecular weight excluding hydrogens is 452 g/mol. The highest BCUT2D eigenvalue weighted by atomic mass is 35.5. The number of rotatable bonds is 8. The summed E-state index contributed by atoms with van der Waals surface area (Å²) in [5.74, 6) is 0.809. The van der Waals surface area contributed by atoms with E-state index in [4.69, 9.17) is 21.1 Å². The van der Waals surface area contributed by atoms with Crippen molar-refractivity contribution < 1.29 is 19.1 Å². The van der Waals surface area contributed by atoms with E-state index >= 15 is 0 Å². The average Bonchev–Trinajstić information content (AvgIpc) is 3.31. The second kappa shape index (κ2) is 10.2. The molecule has 6 nitrogen and oxygen atoms in total. The molecule has 0 aliphatic carbocycles. The lowest BCUT2D eigenvalue weighted by atomic mass is 9.92. The summed E-state index contributed by atoms with van der Waals surface area (Å²) in [5, 5.41) is 3.58. The van der Waals surface area contributed by atoms with Crippen molar-refractivity contribution in [1.29, 1.82) is 0 Å². The van der Waals surface area contributed by atoms with Crippen LogP contribution in [0.25, 0.3) is 0 Å². The fraction of sp³-hybridized carbons (Fsp3) is 0.259. The van der Waals surface area contributed by atoms with Gasteiger partial charge in [0.2, 0.25) is 18.6 Å². The first kappa shape index (κ1) is 23.6. The summed E-state index contributed by atoms with van der Waals surface area (Å²) >= 11 is 6.05. The third-order valence-corrected chi connectivity index (χ3v) is 6.41. The zero-order valence-electron chi connectivity index (χ0n) is 19.2. The van der Waals surface area contributed by atoms with Crippen LogP contribution in [0.5, 0.6) is 11.5 Å². The van der Waals surface area contributed by atoms with E-state index in [0.717, 1.165) is 11.1 Å². The van der Waals surface area contributed by atoms with E-state index < -0.39 is 5.54 Å². The Kier molecular flexibility index (Phi) is 7.08. The molecule has 0 saturated carbocycles. The minimum atomic E-state index is -1.10. The molecular formula is C27H27ClN2O4. The van der Waals surface area contributed by atoms with Gasteiger partial charge in [0, 0.05) is 23.3 Å². The molecule has 1 aliphatic heterocycles. The Labute approximate surface area is 204 Å². The third-order valence-electron chi connectivity index (χ3n) is 6.16. The van der Waals surface area contributed by atoms with Gasteiger partial charge in [0.15, 0.2) is 11.5 Å². The first-order valence-corrected chi connectivity index (χ1v) is 11.6. The fourth-order valence-electron chi connectivity index (χ4n) is 3.89. The predicted octanol–water partition coefficient (Wildman–Crippen LogP) is 5.45. The predicted molar refractivity (Wildman–Crippen MR) is 132 cm³/mol. The molecule has 176 valence electrons. The molecule has 0 saturated heterocycles. The van der Waals surface area contributed by atoms with Gasteiger partial charge >= 0.3 is 0 Å². The second-order valence-electron chi connectivity index (χ2n) is 8.42. The van der Waals surface area contributed by atoms with Crippen molar-refractivity contribution in [2.45, 2.75) is 38.8 Å². The van der Waals surface area contributed by atoms with Crippen LogP contribution in [-0.4, -0.2) is 29.0 Å². The number of amides is 2. The van der Waals surface area contributed by atoms with Crippen LogP contribution < -0.4 is 14.8 Å². The van der Waals surface area contributed by atoms with Gasteiger partial charge in [0.25, 0.3) is 0 Å². The third kappa shape index (κ3) is 5.18. The van der Waals surface area contributed by atoms with Crippen molar-refractivity contribution >= 4 is 29.1 Å². The number of hydrogen-bond acceptors (Lipinski definition) is 4. The van der Waals surface area contributed by atoms with Crippen molar-refractivity contribution in [3.05, 3.63) is 88.9 Å². The van der Waals surface area contributed by atoms with Gasteiger partial charge in [0.05, 0.1) is 6.42 Å². The zero-order valence-corrected chi connectivity index (χ0v) is 20.0. The van der Waals surface area contributed by atoms with Gasteiger partial charge in [-0.15, -0.1) is 0 Å². The van der Waals surface area contributed by atoms with Crippen LogP contribution in [0.1, 0.15) is 31.4 Å². The van der Waals surface area contributed by atoms with E-state index in [1.54, 1.807) is 42.2 Å². The first-order chi connectivity index (χ1) is 16.4. The second-order valence-corrected chi connectivity index (χ2v) is 8.85. The molecule has 2 amide bonds. The Bertz CT molecular complexity index is 1170.